The van der Waals surface area contributed by atoms with Crippen molar-refractivity contribution in [2.75, 3.05) is 39.9 Å². The molecule has 2 fully saturated rings. The molecule has 1 atom stereocenters. The maximum Gasteiger partial charge on any atom is 0.248 e. The summed E-state index contributed by atoms with van der Waals surface area (Å²) in [5.74, 6) is 0.174. The highest BCUT2D eigenvalue weighted by atomic mass is 16.5. The quantitative estimate of drug-likeness (QED) is 0.739. The number of nitrogens with zero attached hydrogens (tertiary/aromatic N) is 2. The molecule has 0 spiro atoms. The summed E-state index contributed by atoms with van der Waals surface area (Å²) in [5, 5.41) is 0. The zero-order valence-electron chi connectivity index (χ0n) is 17.7. The summed E-state index contributed by atoms with van der Waals surface area (Å²) in [4.78, 5) is 29.8. The SMILES string of the molecule is COCC(=O)N1CCC(Cc2ccc(-c3ccccc3)cc2)(C(=O)N2CCCC2)C1. The molecule has 0 radical (unpaired) electrons. The Morgan fingerprint density at radius 2 is 1.57 bits per heavy atom. The number of rotatable bonds is 6. The lowest BCUT2D eigenvalue weighted by molar-refractivity contribution is -0.141. The molecule has 2 aliphatic rings. The summed E-state index contributed by atoms with van der Waals surface area (Å²) in [6, 6.07) is 18.8. The van der Waals surface area contributed by atoms with E-state index in [0.29, 0.717) is 25.9 Å². The Morgan fingerprint density at radius 3 is 2.23 bits per heavy atom. The van der Waals surface area contributed by atoms with Crippen LogP contribution in [0.25, 0.3) is 11.1 Å². The topological polar surface area (TPSA) is 49.9 Å². The molecule has 5 nitrogen and oxygen atoms in total. The first-order valence-electron chi connectivity index (χ1n) is 10.8. The van der Waals surface area contributed by atoms with E-state index >= 15 is 0 Å². The van der Waals surface area contributed by atoms with E-state index in [-0.39, 0.29) is 18.4 Å². The van der Waals surface area contributed by atoms with E-state index < -0.39 is 5.41 Å². The number of likely N-dealkylation sites (tertiary alicyclic amines) is 2. The molecule has 2 aliphatic heterocycles. The standard InChI is InChI=1S/C25H30N2O3/c1-30-18-23(28)27-16-13-25(19-27,24(29)26-14-5-6-15-26)17-20-9-11-22(12-10-20)21-7-3-2-4-8-21/h2-4,7-12H,5-6,13-19H2,1H3. The Labute approximate surface area is 178 Å². The van der Waals surface area contributed by atoms with Crippen molar-refractivity contribution in [1.82, 2.24) is 9.80 Å². The molecule has 2 aromatic carbocycles. The Kier molecular flexibility index (Phi) is 6.18. The number of hydrogen-bond acceptors (Lipinski definition) is 3. The monoisotopic (exact) mass is 406 g/mol. The molecule has 5 heteroatoms. The number of benzene rings is 2. The van der Waals surface area contributed by atoms with Gasteiger partial charge in [-0.1, -0.05) is 54.6 Å². The van der Waals surface area contributed by atoms with Gasteiger partial charge in [0.2, 0.25) is 11.8 Å². The third kappa shape index (κ3) is 4.26. The molecule has 2 aromatic rings. The van der Waals surface area contributed by atoms with Gasteiger partial charge in [-0.05, 0) is 42.4 Å². The summed E-state index contributed by atoms with van der Waals surface area (Å²) in [6.45, 7) is 2.83. The molecule has 158 valence electrons. The van der Waals surface area contributed by atoms with Crippen LogP contribution in [-0.2, 0) is 20.7 Å². The number of carbonyl (C=O) groups is 2. The third-order valence-electron chi connectivity index (χ3n) is 6.42. The zero-order chi connectivity index (χ0) is 21.0. The Hall–Kier alpha value is -2.66. The van der Waals surface area contributed by atoms with E-state index in [2.05, 4.69) is 36.4 Å². The molecule has 1 unspecified atom stereocenters. The van der Waals surface area contributed by atoms with E-state index in [4.69, 9.17) is 4.74 Å². The minimum atomic E-state index is -0.540. The van der Waals surface area contributed by atoms with Gasteiger partial charge in [-0.15, -0.1) is 0 Å². The number of hydrogen-bond donors (Lipinski definition) is 0. The first kappa shape index (κ1) is 20.6. The number of ether oxygens (including phenoxy) is 1. The van der Waals surface area contributed by atoms with Crippen molar-refractivity contribution in [2.45, 2.75) is 25.7 Å². The first-order chi connectivity index (χ1) is 14.6. The molecular formula is C25H30N2O3. The lowest BCUT2D eigenvalue weighted by Gasteiger charge is -2.32. The molecule has 0 aliphatic carbocycles. The van der Waals surface area contributed by atoms with Crippen LogP contribution in [0.3, 0.4) is 0 Å². The molecule has 2 amide bonds. The van der Waals surface area contributed by atoms with Crippen molar-refractivity contribution in [1.29, 1.82) is 0 Å². The number of methoxy groups -OCH3 is 1. The summed E-state index contributed by atoms with van der Waals surface area (Å²) in [6.07, 6.45) is 3.51. The molecule has 0 aromatic heterocycles. The van der Waals surface area contributed by atoms with Gasteiger partial charge in [-0.3, -0.25) is 9.59 Å². The van der Waals surface area contributed by atoms with E-state index in [9.17, 15) is 9.59 Å². The highest BCUT2D eigenvalue weighted by molar-refractivity contribution is 5.86. The van der Waals surface area contributed by atoms with Crippen molar-refractivity contribution < 1.29 is 14.3 Å². The largest absolute Gasteiger partial charge is 0.375 e. The van der Waals surface area contributed by atoms with Crippen LogP contribution in [0.15, 0.2) is 54.6 Å². The van der Waals surface area contributed by atoms with Gasteiger partial charge in [-0.25, -0.2) is 0 Å². The Bertz CT molecular complexity index is 875. The smallest absolute Gasteiger partial charge is 0.248 e. The molecule has 0 saturated carbocycles. The van der Waals surface area contributed by atoms with Crippen LogP contribution in [0.1, 0.15) is 24.8 Å². The fourth-order valence-electron chi connectivity index (χ4n) is 4.79. The molecule has 0 N–H and O–H groups in total. The van der Waals surface area contributed by atoms with E-state index in [1.807, 2.05) is 23.1 Å². The highest BCUT2D eigenvalue weighted by Gasteiger charge is 2.48. The minimum absolute atomic E-state index is 0.0342. The average Bonchev–Trinajstić information content (AvgIpc) is 3.46. The second-order valence-electron chi connectivity index (χ2n) is 8.52. The van der Waals surface area contributed by atoms with Gasteiger partial charge in [-0.2, -0.15) is 0 Å². The zero-order valence-corrected chi connectivity index (χ0v) is 17.7. The first-order valence-corrected chi connectivity index (χ1v) is 10.8. The van der Waals surface area contributed by atoms with Crippen molar-refractivity contribution in [3.8, 4) is 11.1 Å². The van der Waals surface area contributed by atoms with Crippen molar-refractivity contribution in [3.05, 3.63) is 60.2 Å². The van der Waals surface area contributed by atoms with Gasteiger partial charge < -0.3 is 14.5 Å². The summed E-state index contributed by atoms with van der Waals surface area (Å²) in [7, 11) is 1.53. The van der Waals surface area contributed by atoms with Gasteiger partial charge in [0.15, 0.2) is 0 Å². The van der Waals surface area contributed by atoms with E-state index in [1.165, 1.54) is 18.2 Å². The van der Waals surface area contributed by atoms with Crippen LogP contribution >= 0.6 is 0 Å². The molecule has 2 saturated heterocycles. The maximum absolute atomic E-state index is 13.5. The molecule has 4 rings (SSSR count). The van der Waals surface area contributed by atoms with Crippen LogP contribution in [-0.4, -0.2) is 61.5 Å². The van der Waals surface area contributed by atoms with Crippen molar-refractivity contribution >= 4 is 11.8 Å². The number of carbonyl (C=O) groups excluding carboxylic acids is 2. The number of amides is 2. The summed E-state index contributed by atoms with van der Waals surface area (Å²) < 4.78 is 5.03. The van der Waals surface area contributed by atoms with Crippen molar-refractivity contribution in [2.24, 2.45) is 5.41 Å². The minimum Gasteiger partial charge on any atom is -0.375 e. The normalized spacial score (nSPS) is 21.2. The fraction of sp³-hybridized carbons (Fsp3) is 0.440. The molecule has 30 heavy (non-hydrogen) atoms. The van der Waals surface area contributed by atoms with Gasteiger partial charge in [0.25, 0.3) is 0 Å². The molecular weight excluding hydrogens is 376 g/mol. The summed E-state index contributed by atoms with van der Waals surface area (Å²) in [5.41, 5.74) is 2.96. The molecule has 2 heterocycles. The van der Waals surface area contributed by atoms with Crippen molar-refractivity contribution in [3.63, 3.8) is 0 Å². The predicted molar refractivity (Wildman–Crippen MR) is 117 cm³/mol. The lowest BCUT2D eigenvalue weighted by Crippen LogP contribution is -2.46. The average molecular weight is 407 g/mol. The second-order valence-corrected chi connectivity index (χ2v) is 8.52. The maximum atomic E-state index is 13.5. The molecule has 0 bridgehead atoms. The highest BCUT2D eigenvalue weighted by Crippen LogP contribution is 2.37. The van der Waals surface area contributed by atoms with Gasteiger partial charge in [0.05, 0.1) is 5.41 Å². The fourth-order valence-corrected chi connectivity index (χ4v) is 4.79. The third-order valence-corrected chi connectivity index (χ3v) is 6.42. The van der Waals surface area contributed by atoms with E-state index in [1.54, 1.807) is 4.90 Å². The Morgan fingerprint density at radius 1 is 0.900 bits per heavy atom. The van der Waals surface area contributed by atoms with Crippen LogP contribution in [0.2, 0.25) is 0 Å². The van der Waals surface area contributed by atoms with Gasteiger partial charge >= 0.3 is 0 Å². The Balaban J connectivity index is 1.56. The van der Waals surface area contributed by atoms with E-state index in [0.717, 1.165) is 31.5 Å². The lowest BCUT2D eigenvalue weighted by atomic mass is 9.79. The second kappa shape index (κ2) is 9.00. The van der Waals surface area contributed by atoms with Crippen LogP contribution in [0.5, 0.6) is 0 Å². The summed E-state index contributed by atoms with van der Waals surface area (Å²) >= 11 is 0. The predicted octanol–water partition coefficient (Wildman–Crippen LogP) is 3.38. The van der Waals surface area contributed by atoms with Crippen LogP contribution < -0.4 is 0 Å². The van der Waals surface area contributed by atoms with Gasteiger partial charge in [0.1, 0.15) is 6.61 Å². The van der Waals surface area contributed by atoms with Gasteiger partial charge in [0, 0.05) is 33.3 Å². The van der Waals surface area contributed by atoms with Crippen LogP contribution in [0, 0.1) is 5.41 Å². The van der Waals surface area contributed by atoms with Crippen LogP contribution in [0.4, 0.5) is 0 Å².